The molecule has 0 fully saturated rings. The number of carbonyl (C=O) groups is 2. The molecular weight excluding hydrogens is 396 g/mol. The van der Waals surface area contributed by atoms with Crippen LogP contribution >= 0.6 is 11.3 Å². The van der Waals surface area contributed by atoms with Gasteiger partial charge in [-0.1, -0.05) is 42.5 Å². The van der Waals surface area contributed by atoms with Gasteiger partial charge < -0.3 is 10.4 Å². The van der Waals surface area contributed by atoms with Crippen molar-refractivity contribution >= 4 is 33.4 Å². The molecule has 0 unspecified atom stereocenters. The number of thiazole rings is 1. The van der Waals surface area contributed by atoms with Crippen molar-refractivity contribution in [3.63, 3.8) is 0 Å². The number of amides is 1. The van der Waals surface area contributed by atoms with E-state index in [1.54, 1.807) is 18.2 Å². The summed E-state index contributed by atoms with van der Waals surface area (Å²) in [5, 5.41) is 12.7. The first kappa shape index (κ1) is 19.8. The average Bonchev–Trinajstić information content (AvgIpc) is 3.14. The molecule has 2 N–H and O–H groups in total. The molecule has 0 aliphatic carbocycles. The van der Waals surface area contributed by atoms with Crippen LogP contribution in [0.5, 0.6) is 0 Å². The highest BCUT2D eigenvalue weighted by molar-refractivity contribution is 7.18. The van der Waals surface area contributed by atoms with Crippen molar-refractivity contribution < 1.29 is 14.7 Å². The number of aromatic nitrogens is 1. The molecule has 0 atom stereocenters. The quantitative estimate of drug-likeness (QED) is 0.472. The fourth-order valence-corrected chi connectivity index (χ4v) is 4.28. The molecule has 3 aromatic carbocycles. The van der Waals surface area contributed by atoms with Gasteiger partial charge in [0.05, 0.1) is 22.2 Å². The lowest BCUT2D eigenvalue weighted by Crippen LogP contribution is -2.24. The number of aryl methyl sites for hydroxylation is 1. The third-order valence-electron chi connectivity index (χ3n) is 4.86. The van der Waals surface area contributed by atoms with E-state index >= 15 is 0 Å². The Hall–Kier alpha value is -3.51. The van der Waals surface area contributed by atoms with Crippen LogP contribution in [0.25, 0.3) is 21.3 Å². The van der Waals surface area contributed by atoms with Crippen molar-refractivity contribution in [1.29, 1.82) is 0 Å². The summed E-state index contributed by atoms with van der Waals surface area (Å²) in [7, 11) is 0. The van der Waals surface area contributed by atoms with Gasteiger partial charge in [-0.05, 0) is 53.4 Å². The number of fused-ring (bicyclic) bond motifs is 1. The minimum absolute atomic E-state index is 0.145. The molecule has 4 rings (SSSR count). The summed E-state index contributed by atoms with van der Waals surface area (Å²) in [5.74, 6) is -1.13. The Kier molecular flexibility index (Phi) is 5.59. The molecule has 0 radical (unpaired) electrons. The minimum atomic E-state index is -0.984. The van der Waals surface area contributed by atoms with Crippen LogP contribution in [0.3, 0.4) is 0 Å². The Morgan fingerprint density at radius 2 is 1.87 bits per heavy atom. The SMILES string of the molecule is Cc1ccccc1-c1ccc2sc(CC(=O)NCc3cccc(C(=O)O)c3)nc2c1. The molecule has 6 heteroatoms. The minimum Gasteiger partial charge on any atom is -0.478 e. The van der Waals surface area contributed by atoms with E-state index in [4.69, 9.17) is 5.11 Å². The molecule has 0 saturated carbocycles. The third kappa shape index (κ3) is 4.39. The van der Waals surface area contributed by atoms with Gasteiger partial charge in [0.25, 0.3) is 0 Å². The van der Waals surface area contributed by atoms with Crippen molar-refractivity contribution in [2.24, 2.45) is 0 Å². The smallest absolute Gasteiger partial charge is 0.335 e. The number of benzene rings is 3. The lowest BCUT2D eigenvalue weighted by atomic mass is 10.0. The van der Waals surface area contributed by atoms with Gasteiger partial charge in [0, 0.05) is 6.54 Å². The maximum atomic E-state index is 12.4. The van der Waals surface area contributed by atoms with Crippen LogP contribution in [0, 0.1) is 6.92 Å². The highest BCUT2D eigenvalue weighted by Crippen LogP contribution is 2.29. The molecule has 0 spiro atoms. The third-order valence-corrected chi connectivity index (χ3v) is 5.90. The maximum absolute atomic E-state index is 12.4. The Morgan fingerprint density at radius 3 is 2.67 bits per heavy atom. The van der Waals surface area contributed by atoms with Gasteiger partial charge >= 0.3 is 5.97 Å². The van der Waals surface area contributed by atoms with Crippen LogP contribution < -0.4 is 5.32 Å². The van der Waals surface area contributed by atoms with Crippen molar-refractivity contribution in [1.82, 2.24) is 10.3 Å². The van der Waals surface area contributed by atoms with Crippen molar-refractivity contribution in [2.45, 2.75) is 19.9 Å². The fourth-order valence-electron chi connectivity index (χ4n) is 3.33. The second-order valence-corrected chi connectivity index (χ2v) is 8.18. The largest absolute Gasteiger partial charge is 0.478 e. The topological polar surface area (TPSA) is 79.3 Å². The van der Waals surface area contributed by atoms with Crippen LogP contribution in [0.15, 0.2) is 66.7 Å². The van der Waals surface area contributed by atoms with Crippen LogP contribution in [-0.4, -0.2) is 22.0 Å². The summed E-state index contributed by atoms with van der Waals surface area (Å²) in [4.78, 5) is 28.1. The van der Waals surface area contributed by atoms with Crippen LogP contribution in [0.4, 0.5) is 0 Å². The van der Waals surface area contributed by atoms with Crippen LogP contribution in [0.1, 0.15) is 26.5 Å². The highest BCUT2D eigenvalue weighted by Gasteiger charge is 2.11. The van der Waals surface area contributed by atoms with E-state index in [0.717, 1.165) is 26.4 Å². The first-order chi connectivity index (χ1) is 14.5. The van der Waals surface area contributed by atoms with E-state index in [1.807, 2.05) is 18.2 Å². The number of hydrogen-bond donors (Lipinski definition) is 2. The van der Waals surface area contributed by atoms with Gasteiger partial charge in [-0.15, -0.1) is 11.3 Å². The predicted octanol–water partition coefficient (Wildman–Crippen LogP) is 4.83. The molecule has 1 aromatic heterocycles. The molecule has 150 valence electrons. The van der Waals surface area contributed by atoms with Crippen molar-refractivity contribution in [3.05, 3.63) is 88.4 Å². The molecule has 1 heterocycles. The van der Waals surface area contributed by atoms with Gasteiger partial charge in [0.1, 0.15) is 5.01 Å². The van der Waals surface area contributed by atoms with Gasteiger partial charge in [-0.3, -0.25) is 4.79 Å². The van der Waals surface area contributed by atoms with Crippen LogP contribution in [-0.2, 0) is 17.8 Å². The number of nitrogens with zero attached hydrogens (tertiary/aromatic N) is 1. The molecule has 4 aromatic rings. The number of nitrogens with one attached hydrogen (secondary N) is 1. The lowest BCUT2D eigenvalue weighted by molar-refractivity contribution is -0.120. The molecule has 30 heavy (non-hydrogen) atoms. The first-order valence-corrected chi connectivity index (χ1v) is 10.4. The van der Waals surface area contributed by atoms with Crippen molar-refractivity contribution in [2.75, 3.05) is 0 Å². The van der Waals surface area contributed by atoms with E-state index in [2.05, 4.69) is 41.5 Å². The molecule has 5 nitrogen and oxygen atoms in total. The summed E-state index contributed by atoms with van der Waals surface area (Å²) in [6, 6.07) is 21.0. The zero-order valence-corrected chi connectivity index (χ0v) is 17.2. The molecule has 0 bridgehead atoms. The molecule has 0 saturated heterocycles. The van der Waals surface area contributed by atoms with E-state index in [0.29, 0.717) is 0 Å². The summed E-state index contributed by atoms with van der Waals surface area (Å²) >= 11 is 1.51. The molecule has 0 aliphatic heterocycles. The number of carbonyl (C=O) groups excluding carboxylic acids is 1. The zero-order valence-electron chi connectivity index (χ0n) is 16.4. The molecular formula is C24H20N2O3S. The van der Waals surface area contributed by atoms with Gasteiger partial charge in [-0.25, -0.2) is 9.78 Å². The number of carboxylic acid groups (broad SMARTS) is 1. The predicted molar refractivity (Wildman–Crippen MR) is 119 cm³/mol. The number of rotatable bonds is 6. The Labute approximate surface area is 178 Å². The molecule has 0 aliphatic rings. The zero-order chi connectivity index (χ0) is 21.1. The Morgan fingerprint density at radius 1 is 1.03 bits per heavy atom. The fraction of sp³-hybridized carbons (Fsp3) is 0.125. The monoisotopic (exact) mass is 416 g/mol. The van der Waals surface area contributed by atoms with Crippen LogP contribution in [0.2, 0.25) is 0 Å². The second-order valence-electron chi connectivity index (χ2n) is 7.06. The number of hydrogen-bond acceptors (Lipinski definition) is 4. The van der Waals surface area contributed by atoms with Crippen molar-refractivity contribution in [3.8, 4) is 11.1 Å². The summed E-state index contributed by atoms with van der Waals surface area (Å²) < 4.78 is 1.05. The summed E-state index contributed by atoms with van der Waals surface area (Å²) in [5.41, 5.74) is 5.33. The summed E-state index contributed by atoms with van der Waals surface area (Å²) in [6.07, 6.45) is 0.192. The Balaban J connectivity index is 1.45. The van der Waals surface area contributed by atoms with Gasteiger partial charge in [-0.2, -0.15) is 0 Å². The van der Waals surface area contributed by atoms with Gasteiger partial charge in [0.2, 0.25) is 5.91 Å². The first-order valence-electron chi connectivity index (χ1n) is 9.54. The summed E-state index contributed by atoms with van der Waals surface area (Å²) in [6.45, 7) is 2.37. The van der Waals surface area contributed by atoms with E-state index in [9.17, 15) is 9.59 Å². The Bertz CT molecular complexity index is 1250. The second kappa shape index (κ2) is 8.47. The average molecular weight is 417 g/mol. The maximum Gasteiger partial charge on any atom is 0.335 e. The number of carboxylic acids is 1. The van der Waals surface area contributed by atoms with Gasteiger partial charge in [0.15, 0.2) is 0 Å². The van der Waals surface area contributed by atoms with E-state index in [1.165, 1.54) is 28.5 Å². The standard InChI is InChI=1S/C24H20N2O3S/c1-15-5-2-3-8-19(15)17-9-10-21-20(12-17)26-23(30-21)13-22(27)25-14-16-6-4-7-18(11-16)24(28)29/h2-12H,13-14H2,1H3,(H,25,27)(H,28,29). The number of aromatic carboxylic acids is 1. The van der Waals surface area contributed by atoms with E-state index < -0.39 is 5.97 Å². The highest BCUT2D eigenvalue weighted by atomic mass is 32.1. The lowest BCUT2D eigenvalue weighted by Gasteiger charge is -2.05. The van der Waals surface area contributed by atoms with E-state index in [-0.39, 0.29) is 24.4 Å². The normalized spacial score (nSPS) is 10.8. The molecule has 1 amide bonds.